The topological polar surface area (TPSA) is 12.0 Å². The van der Waals surface area contributed by atoms with Crippen LogP contribution in [0, 0.1) is 5.92 Å². The third-order valence-corrected chi connectivity index (χ3v) is 3.96. The Morgan fingerprint density at radius 3 is 2.62 bits per heavy atom. The van der Waals surface area contributed by atoms with Crippen LogP contribution in [0.2, 0.25) is 0 Å². The molecule has 0 aromatic rings. The highest BCUT2D eigenvalue weighted by molar-refractivity contribution is 4.75. The van der Waals surface area contributed by atoms with Crippen LogP contribution in [-0.4, -0.2) is 13.1 Å². The number of rotatable bonds is 9. The van der Waals surface area contributed by atoms with Gasteiger partial charge in [0.25, 0.3) is 0 Å². The van der Waals surface area contributed by atoms with Crippen molar-refractivity contribution in [3.05, 3.63) is 12.7 Å². The summed E-state index contributed by atoms with van der Waals surface area (Å²) in [6.45, 7) is 3.77. The number of hydrogen-bond acceptors (Lipinski definition) is 1. The lowest BCUT2D eigenvalue weighted by molar-refractivity contribution is 0.378. The first kappa shape index (κ1) is 13.8. The molecule has 0 bridgehead atoms. The summed E-state index contributed by atoms with van der Waals surface area (Å²) in [7, 11) is 2.13. The summed E-state index contributed by atoms with van der Waals surface area (Å²) in [6, 6.07) is 0.770. The summed E-state index contributed by atoms with van der Waals surface area (Å²) in [5.74, 6) is 1.02. The van der Waals surface area contributed by atoms with E-state index in [4.69, 9.17) is 0 Å². The number of allylic oxidation sites excluding steroid dienone is 1. The number of unbranched alkanes of at least 4 members (excludes halogenated alkanes) is 3. The molecule has 1 aliphatic rings. The maximum atomic E-state index is 3.77. The Labute approximate surface area is 102 Å². The van der Waals surface area contributed by atoms with Crippen molar-refractivity contribution in [2.24, 2.45) is 5.92 Å². The SMILES string of the molecule is C=CCCCCCC(CC1CCCC1)NC. The zero-order valence-corrected chi connectivity index (χ0v) is 11.0. The molecule has 0 spiro atoms. The molecular formula is C15H29N. The minimum absolute atomic E-state index is 0.770. The standard InChI is InChI=1S/C15H29N/c1-3-4-5-6-7-12-15(16-2)13-14-10-8-9-11-14/h3,14-16H,1,4-13H2,2H3. The van der Waals surface area contributed by atoms with E-state index in [0.717, 1.165) is 12.0 Å². The van der Waals surface area contributed by atoms with Gasteiger partial charge >= 0.3 is 0 Å². The van der Waals surface area contributed by atoms with E-state index in [1.807, 2.05) is 6.08 Å². The van der Waals surface area contributed by atoms with Crippen molar-refractivity contribution in [1.82, 2.24) is 5.32 Å². The Hall–Kier alpha value is -0.300. The maximum absolute atomic E-state index is 3.77. The molecule has 1 saturated carbocycles. The van der Waals surface area contributed by atoms with Gasteiger partial charge in [-0.3, -0.25) is 0 Å². The van der Waals surface area contributed by atoms with Crippen molar-refractivity contribution in [1.29, 1.82) is 0 Å². The van der Waals surface area contributed by atoms with Gasteiger partial charge in [0.1, 0.15) is 0 Å². The smallest absolute Gasteiger partial charge is 0.00667 e. The van der Waals surface area contributed by atoms with Gasteiger partial charge in [-0.1, -0.05) is 44.6 Å². The molecule has 0 amide bonds. The van der Waals surface area contributed by atoms with Gasteiger partial charge in [0, 0.05) is 6.04 Å². The molecule has 1 heteroatoms. The van der Waals surface area contributed by atoms with Crippen molar-refractivity contribution in [3.8, 4) is 0 Å². The monoisotopic (exact) mass is 223 g/mol. The van der Waals surface area contributed by atoms with E-state index >= 15 is 0 Å². The molecule has 16 heavy (non-hydrogen) atoms. The predicted octanol–water partition coefficient (Wildman–Crippen LogP) is 4.29. The molecule has 94 valence electrons. The summed E-state index contributed by atoms with van der Waals surface area (Å²) in [5.41, 5.74) is 0. The van der Waals surface area contributed by atoms with Crippen molar-refractivity contribution < 1.29 is 0 Å². The molecule has 1 rings (SSSR count). The Kier molecular flexibility index (Phi) is 7.58. The minimum Gasteiger partial charge on any atom is -0.317 e. The molecule has 0 aromatic carbocycles. The Morgan fingerprint density at radius 2 is 2.00 bits per heavy atom. The molecular weight excluding hydrogens is 194 g/mol. The van der Waals surface area contributed by atoms with Crippen molar-refractivity contribution >= 4 is 0 Å². The van der Waals surface area contributed by atoms with Gasteiger partial charge < -0.3 is 5.32 Å². The summed E-state index contributed by atoms with van der Waals surface area (Å²) in [6.07, 6.45) is 16.0. The van der Waals surface area contributed by atoms with E-state index < -0.39 is 0 Å². The first-order valence-electron chi connectivity index (χ1n) is 7.15. The second kappa shape index (κ2) is 8.81. The van der Waals surface area contributed by atoms with Gasteiger partial charge in [-0.25, -0.2) is 0 Å². The normalized spacial score (nSPS) is 18.8. The molecule has 0 saturated heterocycles. The molecule has 0 aliphatic heterocycles. The summed E-state index contributed by atoms with van der Waals surface area (Å²) < 4.78 is 0. The third-order valence-electron chi connectivity index (χ3n) is 3.96. The van der Waals surface area contributed by atoms with Crippen LogP contribution in [-0.2, 0) is 0 Å². The van der Waals surface area contributed by atoms with Gasteiger partial charge in [-0.2, -0.15) is 0 Å². The lowest BCUT2D eigenvalue weighted by Crippen LogP contribution is -2.27. The maximum Gasteiger partial charge on any atom is 0.00667 e. The summed E-state index contributed by atoms with van der Waals surface area (Å²) in [5, 5.41) is 3.50. The minimum atomic E-state index is 0.770. The van der Waals surface area contributed by atoms with Crippen LogP contribution in [0.5, 0.6) is 0 Å². The highest BCUT2D eigenvalue weighted by Crippen LogP contribution is 2.29. The number of hydrogen-bond donors (Lipinski definition) is 1. The lowest BCUT2D eigenvalue weighted by atomic mass is 9.95. The quantitative estimate of drug-likeness (QED) is 0.454. The van der Waals surface area contributed by atoms with E-state index in [2.05, 4.69) is 18.9 Å². The van der Waals surface area contributed by atoms with Crippen LogP contribution in [0.4, 0.5) is 0 Å². The molecule has 1 fully saturated rings. The van der Waals surface area contributed by atoms with E-state index in [-0.39, 0.29) is 0 Å². The highest BCUT2D eigenvalue weighted by atomic mass is 14.9. The first-order chi connectivity index (χ1) is 7.86. The second-order valence-electron chi connectivity index (χ2n) is 5.30. The fourth-order valence-corrected chi connectivity index (χ4v) is 2.88. The molecule has 1 atom stereocenters. The fraction of sp³-hybridized carbons (Fsp3) is 0.867. The average Bonchev–Trinajstić information content (AvgIpc) is 2.80. The van der Waals surface area contributed by atoms with E-state index in [9.17, 15) is 0 Å². The summed E-state index contributed by atoms with van der Waals surface area (Å²) in [4.78, 5) is 0. The third kappa shape index (κ3) is 5.69. The molecule has 0 heterocycles. The van der Waals surface area contributed by atoms with E-state index in [0.29, 0.717) is 0 Å². The van der Waals surface area contributed by atoms with Crippen LogP contribution in [0.3, 0.4) is 0 Å². The zero-order chi connectivity index (χ0) is 11.6. The van der Waals surface area contributed by atoms with Crippen LogP contribution < -0.4 is 5.32 Å². The Balaban J connectivity index is 2.03. The molecule has 1 unspecified atom stereocenters. The Morgan fingerprint density at radius 1 is 1.25 bits per heavy atom. The van der Waals surface area contributed by atoms with Crippen LogP contribution in [0.1, 0.15) is 64.2 Å². The van der Waals surface area contributed by atoms with Crippen LogP contribution >= 0.6 is 0 Å². The molecule has 1 aliphatic carbocycles. The average molecular weight is 223 g/mol. The fourth-order valence-electron chi connectivity index (χ4n) is 2.88. The highest BCUT2D eigenvalue weighted by Gasteiger charge is 2.18. The van der Waals surface area contributed by atoms with Crippen molar-refractivity contribution in [2.45, 2.75) is 70.3 Å². The molecule has 1 N–H and O–H groups in total. The van der Waals surface area contributed by atoms with Gasteiger partial charge in [0.15, 0.2) is 0 Å². The van der Waals surface area contributed by atoms with Gasteiger partial charge in [0.2, 0.25) is 0 Å². The second-order valence-corrected chi connectivity index (χ2v) is 5.30. The Bertz CT molecular complexity index is 170. The summed E-state index contributed by atoms with van der Waals surface area (Å²) >= 11 is 0. The predicted molar refractivity (Wildman–Crippen MR) is 72.7 cm³/mol. The van der Waals surface area contributed by atoms with Gasteiger partial charge in [-0.05, 0) is 38.6 Å². The van der Waals surface area contributed by atoms with E-state index in [1.54, 1.807) is 0 Å². The van der Waals surface area contributed by atoms with E-state index in [1.165, 1.54) is 64.2 Å². The molecule has 1 nitrogen and oxygen atoms in total. The van der Waals surface area contributed by atoms with Crippen molar-refractivity contribution in [2.75, 3.05) is 7.05 Å². The van der Waals surface area contributed by atoms with Crippen LogP contribution in [0.25, 0.3) is 0 Å². The van der Waals surface area contributed by atoms with Gasteiger partial charge in [-0.15, -0.1) is 6.58 Å². The van der Waals surface area contributed by atoms with Crippen molar-refractivity contribution in [3.63, 3.8) is 0 Å². The molecule has 0 radical (unpaired) electrons. The van der Waals surface area contributed by atoms with Gasteiger partial charge in [0.05, 0.1) is 0 Å². The first-order valence-corrected chi connectivity index (χ1v) is 7.15. The molecule has 0 aromatic heterocycles. The number of nitrogens with one attached hydrogen (secondary N) is 1. The zero-order valence-electron chi connectivity index (χ0n) is 11.0. The largest absolute Gasteiger partial charge is 0.317 e. The van der Waals surface area contributed by atoms with Crippen LogP contribution in [0.15, 0.2) is 12.7 Å². The lowest BCUT2D eigenvalue weighted by Gasteiger charge is -2.19.